The van der Waals surface area contributed by atoms with Gasteiger partial charge in [-0.15, -0.1) is 0 Å². The van der Waals surface area contributed by atoms with Gasteiger partial charge in [-0.1, -0.05) is 42.5 Å². The predicted octanol–water partition coefficient (Wildman–Crippen LogP) is 4.22. The van der Waals surface area contributed by atoms with E-state index in [4.69, 9.17) is 0 Å². The average Bonchev–Trinajstić information content (AvgIpc) is 2.70. The quantitative estimate of drug-likeness (QED) is 0.706. The predicted molar refractivity (Wildman–Crippen MR) is 113 cm³/mol. The van der Waals surface area contributed by atoms with Crippen molar-refractivity contribution in [2.75, 3.05) is 24.5 Å². The first-order valence-corrected chi connectivity index (χ1v) is 10.3. The van der Waals surface area contributed by atoms with Crippen LogP contribution in [-0.4, -0.2) is 36.3 Å². The number of anilines is 1. The molecular formula is C24H30N2O2. The van der Waals surface area contributed by atoms with Gasteiger partial charge in [0.15, 0.2) is 0 Å². The van der Waals surface area contributed by atoms with E-state index in [1.807, 2.05) is 49.1 Å². The van der Waals surface area contributed by atoms with Crippen molar-refractivity contribution >= 4 is 17.5 Å². The monoisotopic (exact) mass is 378 g/mol. The summed E-state index contributed by atoms with van der Waals surface area (Å²) in [6, 6.07) is 18.4. The van der Waals surface area contributed by atoms with Gasteiger partial charge in [-0.25, -0.2) is 0 Å². The zero-order chi connectivity index (χ0) is 19.9. The Morgan fingerprint density at radius 2 is 1.75 bits per heavy atom. The van der Waals surface area contributed by atoms with Crippen molar-refractivity contribution < 1.29 is 9.59 Å². The summed E-state index contributed by atoms with van der Waals surface area (Å²) in [5.41, 5.74) is 3.33. The third-order valence-corrected chi connectivity index (χ3v) is 5.57. The molecule has 0 aromatic heterocycles. The molecule has 0 saturated carbocycles. The lowest BCUT2D eigenvalue weighted by molar-refractivity contribution is -0.136. The van der Waals surface area contributed by atoms with Gasteiger partial charge < -0.3 is 9.80 Å². The number of amides is 2. The molecule has 28 heavy (non-hydrogen) atoms. The maximum Gasteiger partial charge on any atom is 0.236 e. The molecule has 0 bridgehead atoms. The number of hydrogen-bond donors (Lipinski definition) is 0. The number of likely N-dealkylation sites (tertiary alicyclic amines) is 1. The van der Waals surface area contributed by atoms with Crippen molar-refractivity contribution in [3.05, 3.63) is 65.7 Å². The van der Waals surface area contributed by atoms with Gasteiger partial charge in [-0.3, -0.25) is 9.59 Å². The number of aryl methyl sites for hydroxylation is 1. The summed E-state index contributed by atoms with van der Waals surface area (Å²) < 4.78 is 0. The number of nitrogens with zero attached hydrogens (tertiary/aromatic N) is 2. The van der Waals surface area contributed by atoms with E-state index in [0.29, 0.717) is 12.5 Å². The fourth-order valence-corrected chi connectivity index (χ4v) is 3.97. The highest BCUT2D eigenvalue weighted by molar-refractivity contribution is 6.05. The maximum atomic E-state index is 12.7. The molecule has 4 heteroatoms. The van der Waals surface area contributed by atoms with E-state index in [2.05, 4.69) is 24.3 Å². The smallest absolute Gasteiger partial charge is 0.236 e. The third-order valence-electron chi connectivity index (χ3n) is 5.57. The van der Waals surface area contributed by atoms with E-state index in [1.165, 1.54) is 5.56 Å². The normalized spacial score (nSPS) is 14.7. The molecule has 0 radical (unpaired) electrons. The lowest BCUT2D eigenvalue weighted by Crippen LogP contribution is -2.42. The molecule has 0 unspecified atom stereocenters. The van der Waals surface area contributed by atoms with Crippen molar-refractivity contribution in [3.63, 3.8) is 0 Å². The van der Waals surface area contributed by atoms with E-state index in [9.17, 15) is 9.59 Å². The largest absolute Gasteiger partial charge is 0.342 e. The van der Waals surface area contributed by atoms with Crippen LogP contribution in [0, 0.1) is 12.8 Å². The molecule has 3 rings (SSSR count). The van der Waals surface area contributed by atoms with Gasteiger partial charge >= 0.3 is 0 Å². The lowest BCUT2D eigenvalue weighted by Gasteiger charge is -2.32. The van der Waals surface area contributed by atoms with Crippen molar-refractivity contribution in [1.82, 2.24) is 4.90 Å². The fraction of sp³-hybridized carbons (Fsp3) is 0.417. The van der Waals surface area contributed by atoms with Crippen molar-refractivity contribution in [1.29, 1.82) is 0 Å². The Morgan fingerprint density at radius 1 is 1.04 bits per heavy atom. The fourth-order valence-electron chi connectivity index (χ4n) is 3.97. The molecule has 4 nitrogen and oxygen atoms in total. The summed E-state index contributed by atoms with van der Waals surface area (Å²) in [6.07, 6.45) is 3.03. The van der Waals surface area contributed by atoms with E-state index in [1.54, 1.807) is 4.90 Å². The molecule has 0 atom stereocenters. The van der Waals surface area contributed by atoms with E-state index in [-0.39, 0.29) is 18.2 Å². The van der Waals surface area contributed by atoms with Gasteiger partial charge in [0, 0.05) is 25.3 Å². The summed E-state index contributed by atoms with van der Waals surface area (Å²) in [4.78, 5) is 29.0. The number of hydrogen-bond acceptors (Lipinski definition) is 2. The lowest BCUT2D eigenvalue weighted by atomic mass is 9.90. The van der Waals surface area contributed by atoms with E-state index < -0.39 is 0 Å². The Labute approximate surface area is 168 Å². The molecule has 0 aliphatic carbocycles. The van der Waals surface area contributed by atoms with Crippen LogP contribution in [0.3, 0.4) is 0 Å². The highest BCUT2D eigenvalue weighted by Gasteiger charge is 2.26. The summed E-state index contributed by atoms with van der Waals surface area (Å²) in [7, 11) is 0. The minimum absolute atomic E-state index is 0.0470. The Balaban J connectivity index is 1.51. The second kappa shape index (κ2) is 9.54. The van der Waals surface area contributed by atoms with Gasteiger partial charge in [-0.2, -0.15) is 0 Å². The molecule has 1 fully saturated rings. The summed E-state index contributed by atoms with van der Waals surface area (Å²) >= 11 is 0. The molecule has 1 saturated heterocycles. The van der Waals surface area contributed by atoms with Crippen LogP contribution in [-0.2, 0) is 16.0 Å². The van der Waals surface area contributed by atoms with Crippen LogP contribution in [0.15, 0.2) is 54.6 Å². The van der Waals surface area contributed by atoms with Crippen LogP contribution in [0.25, 0.3) is 0 Å². The van der Waals surface area contributed by atoms with Gasteiger partial charge in [0.25, 0.3) is 0 Å². The minimum Gasteiger partial charge on any atom is -0.342 e. The van der Waals surface area contributed by atoms with Crippen LogP contribution >= 0.6 is 0 Å². The van der Waals surface area contributed by atoms with Crippen molar-refractivity contribution in [2.24, 2.45) is 5.92 Å². The van der Waals surface area contributed by atoms with Crippen LogP contribution in [0.5, 0.6) is 0 Å². The minimum atomic E-state index is -0.121. The number of carbonyl (C=O) groups is 2. The molecule has 2 amide bonds. The average molecular weight is 379 g/mol. The molecule has 1 aliphatic rings. The molecule has 2 aromatic rings. The zero-order valence-corrected chi connectivity index (χ0v) is 16.9. The molecule has 1 aliphatic heterocycles. The Hall–Kier alpha value is -2.62. The Kier molecular flexibility index (Phi) is 6.85. The van der Waals surface area contributed by atoms with Crippen LogP contribution in [0.4, 0.5) is 5.69 Å². The SMILES string of the molecule is CCN(C(=O)CC(=O)N1CCC(Cc2ccccc2)CC1)c1cccc(C)c1. The van der Waals surface area contributed by atoms with E-state index in [0.717, 1.165) is 43.6 Å². The van der Waals surface area contributed by atoms with Gasteiger partial charge in [-0.05, 0) is 62.3 Å². The summed E-state index contributed by atoms with van der Waals surface area (Å²) in [6.45, 7) is 6.02. The first kappa shape index (κ1) is 20.1. The van der Waals surface area contributed by atoms with Crippen molar-refractivity contribution in [2.45, 2.75) is 39.5 Å². The van der Waals surface area contributed by atoms with Crippen LogP contribution in [0.1, 0.15) is 37.3 Å². The standard InChI is InChI=1S/C24H30N2O2/c1-3-26(22-11-7-8-19(2)16-22)24(28)18-23(27)25-14-12-21(13-15-25)17-20-9-5-4-6-10-20/h4-11,16,21H,3,12-15,17-18H2,1-2H3. The Morgan fingerprint density at radius 3 is 2.39 bits per heavy atom. The molecular weight excluding hydrogens is 348 g/mol. The highest BCUT2D eigenvalue weighted by atomic mass is 16.2. The number of carbonyl (C=O) groups excluding carboxylic acids is 2. The van der Waals surface area contributed by atoms with Crippen LogP contribution < -0.4 is 4.90 Å². The molecule has 0 N–H and O–H groups in total. The molecule has 1 heterocycles. The first-order chi connectivity index (χ1) is 13.6. The maximum absolute atomic E-state index is 12.7. The summed E-state index contributed by atoms with van der Waals surface area (Å²) in [5.74, 6) is 0.445. The van der Waals surface area contributed by atoms with Gasteiger partial charge in [0.05, 0.1) is 0 Å². The molecule has 0 spiro atoms. The molecule has 148 valence electrons. The highest BCUT2D eigenvalue weighted by Crippen LogP contribution is 2.23. The van der Waals surface area contributed by atoms with Crippen LogP contribution in [0.2, 0.25) is 0 Å². The zero-order valence-electron chi connectivity index (χ0n) is 16.9. The second-order valence-corrected chi connectivity index (χ2v) is 7.67. The number of rotatable bonds is 6. The summed E-state index contributed by atoms with van der Waals surface area (Å²) in [5, 5.41) is 0. The van der Waals surface area contributed by atoms with Crippen molar-refractivity contribution in [3.8, 4) is 0 Å². The Bertz CT molecular complexity index is 795. The third kappa shape index (κ3) is 5.22. The topological polar surface area (TPSA) is 40.6 Å². The van der Waals surface area contributed by atoms with E-state index >= 15 is 0 Å². The first-order valence-electron chi connectivity index (χ1n) is 10.3. The second-order valence-electron chi connectivity index (χ2n) is 7.67. The number of benzene rings is 2. The van der Waals surface area contributed by atoms with Gasteiger partial charge in [0.1, 0.15) is 6.42 Å². The van der Waals surface area contributed by atoms with Gasteiger partial charge in [0.2, 0.25) is 11.8 Å². The molecule has 2 aromatic carbocycles. The number of piperidine rings is 1.